The summed E-state index contributed by atoms with van der Waals surface area (Å²) >= 11 is 0. The van der Waals surface area contributed by atoms with Crippen LogP contribution in [0.4, 0.5) is 5.69 Å². The maximum atomic E-state index is 9.09. The molecule has 4 heteroatoms. The highest BCUT2D eigenvalue weighted by Gasteiger charge is 2.04. The fourth-order valence-corrected chi connectivity index (χ4v) is 1.72. The Labute approximate surface area is 100 Å². The largest absolute Gasteiger partial charge is 0.378 e. The second-order valence-electron chi connectivity index (χ2n) is 3.96. The molecule has 0 aliphatic heterocycles. The van der Waals surface area contributed by atoms with Crippen LogP contribution in [0, 0.1) is 25.2 Å². The van der Waals surface area contributed by atoms with Crippen LogP contribution in [0.15, 0.2) is 24.4 Å². The number of imidazole rings is 1. The summed E-state index contributed by atoms with van der Waals surface area (Å²) in [5.74, 6) is 0.895. The average molecular weight is 226 g/mol. The van der Waals surface area contributed by atoms with Crippen molar-refractivity contribution in [1.29, 1.82) is 5.26 Å². The summed E-state index contributed by atoms with van der Waals surface area (Å²) in [5, 5.41) is 12.3. The molecule has 4 nitrogen and oxygen atoms in total. The van der Waals surface area contributed by atoms with E-state index in [1.54, 1.807) is 6.20 Å². The van der Waals surface area contributed by atoms with Crippen molar-refractivity contribution in [3.63, 3.8) is 0 Å². The molecule has 1 aromatic heterocycles. The molecule has 0 saturated heterocycles. The molecule has 0 amide bonds. The first-order valence-electron chi connectivity index (χ1n) is 5.45. The highest BCUT2D eigenvalue weighted by Crippen LogP contribution is 2.18. The maximum Gasteiger partial charge on any atom is 0.103 e. The molecule has 86 valence electrons. The van der Waals surface area contributed by atoms with E-state index in [0.29, 0.717) is 12.1 Å². The van der Waals surface area contributed by atoms with Gasteiger partial charge >= 0.3 is 0 Å². The van der Waals surface area contributed by atoms with Crippen molar-refractivity contribution in [2.75, 3.05) is 5.32 Å². The number of benzene rings is 1. The Morgan fingerprint density at radius 3 is 2.88 bits per heavy atom. The molecule has 1 heterocycles. The van der Waals surface area contributed by atoms with Gasteiger partial charge in [-0.1, -0.05) is 12.1 Å². The minimum Gasteiger partial charge on any atom is -0.378 e. The number of rotatable bonds is 3. The summed E-state index contributed by atoms with van der Waals surface area (Å²) < 4.78 is 0. The number of nitrogens with zero attached hydrogens (tertiary/aromatic N) is 2. The van der Waals surface area contributed by atoms with Gasteiger partial charge in [0.1, 0.15) is 11.9 Å². The van der Waals surface area contributed by atoms with Crippen molar-refractivity contribution in [1.82, 2.24) is 9.97 Å². The van der Waals surface area contributed by atoms with E-state index < -0.39 is 0 Å². The van der Waals surface area contributed by atoms with E-state index in [2.05, 4.69) is 21.4 Å². The first-order valence-corrected chi connectivity index (χ1v) is 5.45. The number of aromatic nitrogens is 2. The summed E-state index contributed by atoms with van der Waals surface area (Å²) in [5.41, 5.74) is 3.55. The van der Waals surface area contributed by atoms with Gasteiger partial charge in [-0.2, -0.15) is 5.26 Å². The molecule has 0 saturated carbocycles. The van der Waals surface area contributed by atoms with Gasteiger partial charge in [0.25, 0.3) is 0 Å². The lowest BCUT2D eigenvalue weighted by molar-refractivity contribution is 1.05. The lowest BCUT2D eigenvalue weighted by Crippen LogP contribution is -2.02. The van der Waals surface area contributed by atoms with Crippen LogP contribution in [0.5, 0.6) is 0 Å². The fourth-order valence-electron chi connectivity index (χ4n) is 1.72. The van der Waals surface area contributed by atoms with E-state index in [0.717, 1.165) is 22.8 Å². The molecule has 0 radical (unpaired) electrons. The molecular formula is C13H14N4. The first kappa shape index (κ1) is 11.2. The summed E-state index contributed by atoms with van der Waals surface area (Å²) in [7, 11) is 0. The smallest absolute Gasteiger partial charge is 0.103 e. The Bertz CT molecular complexity index is 563. The van der Waals surface area contributed by atoms with Crippen molar-refractivity contribution in [2.24, 2.45) is 0 Å². The zero-order valence-corrected chi connectivity index (χ0v) is 9.91. The lowest BCUT2D eigenvalue weighted by atomic mass is 10.1. The Kier molecular flexibility index (Phi) is 3.10. The zero-order chi connectivity index (χ0) is 12.3. The van der Waals surface area contributed by atoms with Crippen molar-refractivity contribution in [3.8, 4) is 6.07 Å². The third kappa shape index (κ3) is 2.45. The van der Waals surface area contributed by atoms with E-state index >= 15 is 0 Å². The molecular weight excluding hydrogens is 212 g/mol. The van der Waals surface area contributed by atoms with Crippen molar-refractivity contribution in [3.05, 3.63) is 47.0 Å². The summed E-state index contributed by atoms with van der Waals surface area (Å²) in [4.78, 5) is 7.27. The van der Waals surface area contributed by atoms with E-state index in [4.69, 9.17) is 5.26 Å². The van der Waals surface area contributed by atoms with Crippen LogP contribution in [0.3, 0.4) is 0 Å². The van der Waals surface area contributed by atoms with Gasteiger partial charge in [0.15, 0.2) is 0 Å². The Morgan fingerprint density at radius 2 is 2.24 bits per heavy atom. The van der Waals surface area contributed by atoms with Crippen LogP contribution >= 0.6 is 0 Å². The van der Waals surface area contributed by atoms with Gasteiger partial charge in [0.2, 0.25) is 0 Å². The quantitative estimate of drug-likeness (QED) is 0.845. The molecule has 0 spiro atoms. The van der Waals surface area contributed by atoms with Crippen LogP contribution < -0.4 is 5.32 Å². The van der Waals surface area contributed by atoms with Gasteiger partial charge in [-0.3, -0.25) is 0 Å². The highest BCUT2D eigenvalue weighted by molar-refractivity contribution is 5.60. The van der Waals surface area contributed by atoms with Crippen LogP contribution in [-0.4, -0.2) is 9.97 Å². The maximum absolute atomic E-state index is 9.09. The second kappa shape index (κ2) is 4.71. The third-order valence-electron chi connectivity index (χ3n) is 2.61. The van der Waals surface area contributed by atoms with Crippen molar-refractivity contribution < 1.29 is 0 Å². The number of nitriles is 1. The molecule has 0 unspecified atom stereocenters. The molecule has 1 aromatic carbocycles. The minimum atomic E-state index is 0.638. The van der Waals surface area contributed by atoms with E-state index in [-0.39, 0.29) is 0 Å². The minimum absolute atomic E-state index is 0.638. The van der Waals surface area contributed by atoms with Crippen LogP contribution in [0.1, 0.15) is 22.6 Å². The number of aromatic amines is 1. The lowest BCUT2D eigenvalue weighted by Gasteiger charge is -2.08. The topological polar surface area (TPSA) is 64.5 Å². The van der Waals surface area contributed by atoms with Gasteiger partial charge in [-0.15, -0.1) is 0 Å². The monoisotopic (exact) mass is 226 g/mol. The highest BCUT2D eigenvalue weighted by atomic mass is 15.0. The number of aryl methyl sites for hydroxylation is 2. The molecule has 2 N–H and O–H groups in total. The molecule has 0 bridgehead atoms. The summed E-state index contributed by atoms with van der Waals surface area (Å²) in [6.45, 7) is 4.49. The normalized spacial score (nSPS) is 9.94. The summed E-state index contributed by atoms with van der Waals surface area (Å²) in [6, 6.07) is 8.00. The van der Waals surface area contributed by atoms with Crippen LogP contribution in [-0.2, 0) is 6.54 Å². The summed E-state index contributed by atoms with van der Waals surface area (Å²) in [6.07, 6.45) is 1.80. The van der Waals surface area contributed by atoms with Gasteiger partial charge in [0.05, 0.1) is 29.7 Å². The van der Waals surface area contributed by atoms with Crippen LogP contribution in [0.2, 0.25) is 0 Å². The third-order valence-corrected chi connectivity index (χ3v) is 2.61. The van der Waals surface area contributed by atoms with Crippen molar-refractivity contribution >= 4 is 5.69 Å². The first-order chi connectivity index (χ1) is 8.20. The molecule has 0 aliphatic rings. The molecule has 0 atom stereocenters. The van der Waals surface area contributed by atoms with E-state index in [1.165, 1.54) is 0 Å². The average Bonchev–Trinajstić information content (AvgIpc) is 2.72. The molecule has 0 aliphatic carbocycles. The SMILES string of the molecule is Cc1ncc(CNc2cccc(C)c2C#N)[nH]1. The second-order valence-corrected chi connectivity index (χ2v) is 3.96. The number of anilines is 1. The number of hydrogen-bond acceptors (Lipinski definition) is 3. The standard InChI is InChI=1S/C13H14N4/c1-9-4-3-5-13(12(9)6-14)16-8-11-7-15-10(2)17-11/h3-5,7,16H,8H2,1-2H3,(H,15,17). The molecule has 0 fully saturated rings. The van der Waals surface area contributed by atoms with Gasteiger partial charge in [0, 0.05) is 0 Å². The van der Waals surface area contributed by atoms with Gasteiger partial charge in [-0.25, -0.2) is 4.98 Å². The predicted molar refractivity (Wildman–Crippen MR) is 66.5 cm³/mol. The van der Waals surface area contributed by atoms with E-state index in [9.17, 15) is 0 Å². The predicted octanol–water partition coefficient (Wildman–Crippen LogP) is 2.51. The van der Waals surface area contributed by atoms with Gasteiger partial charge in [-0.05, 0) is 25.5 Å². The molecule has 2 rings (SSSR count). The Hall–Kier alpha value is -2.28. The van der Waals surface area contributed by atoms with E-state index in [1.807, 2.05) is 32.0 Å². The fraction of sp³-hybridized carbons (Fsp3) is 0.231. The molecule has 2 aromatic rings. The van der Waals surface area contributed by atoms with Crippen LogP contribution in [0.25, 0.3) is 0 Å². The van der Waals surface area contributed by atoms with Crippen molar-refractivity contribution in [2.45, 2.75) is 20.4 Å². The Morgan fingerprint density at radius 1 is 1.41 bits per heavy atom. The Balaban J connectivity index is 2.14. The number of H-pyrrole nitrogens is 1. The zero-order valence-electron chi connectivity index (χ0n) is 9.91. The number of nitrogens with one attached hydrogen (secondary N) is 2. The van der Waals surface area contributed by atoms with Gasteiger partial charge < -0.3 is 10.3 Å². The number of hydrogen-bond donors (Lipinski definition) is 2. The molecule has 17 heavy (non-hydrogen) atoms.